The Balaban J connectivity index is 2.22. The Kier molecular flexibility index (Phi) is 4.33. The zero-order chi connectivity index (χ0) is 18.4. The second kappa shape index (κ2) is 6.19. The molecule has 0 aliphatic heterocycles. The predicted octanol–water partition coefficient (Wildman–Crippen LogP) is 4.71. The second-order valence-electron chi connectivity index (χ2n) is 6.61. The summed E-state index contributed by atoms with van der Waals surface area (Å²) in [6, 6.07) is 10.8. The normalized spacial score (nSPS) is 12.1. The van der Waals surface area contributed by atoms with Gasteiger partial charge in [0.05, 0.1) is 17.5 Å². The number of benzene rings is 2. The van der Waals surface area contributed by atoms with E-state index >= 15 is 0 Å². The molecule has 132 valence electrons. The monoisotopic (exact) mass is 360 g/mol. The van der Waals surface area contributed by atoms with Crippen LogP contribution >= 0.6 is 0 Å². The fraction of sp³-hybridized carbons (Fsp3) is 0.263. The van der Waals surface area contributed by atoms with E-state index in [0.717, 1.165) is 28.3 Å². The first kappa shape index (κ1) is 17.5. The van der Waals surface area contributed by atoms with Crippen LogP contribution in [0.1, 0.15) is 25.5 Å². The molecular formula is C19H21FN2O2S. The van der Waals surface area contributed by atoms with Gasteiger partial charge in [-0.1, -0.05) is 18.2 Å². The molecule has 3 aromatic rings. The fourth-order valence-electron chi connectivity index (χ4n) is 2.95. The second-order valence-corrected chi connectivity index (χ2v) is 8.36. The van der Waals surface area contributed by atoms with Gasteiger partial charge in [-0.15, -0.1) is 0 Å². The summed E-state index contributed by atoms with van der Waals surface area (Å²) >= 11 is 0. The Morgan fingerprint density at radius 2 is 1.84 bits per heavy atom. The Labute approximate surface area is 147 Å². The Bertz CT molecular complexity index is 1050. The lowest BCUT2D eigenvalue weighted by Crippen LogP contribution is -2.09. The summed E-state index contributed by atoms with van der Waals surface area (Å²) in [5.74, 6) is -0.238. The zero-order valence-corrected chi connectivity index (χ0v) is 15.5. The summed E-state index contributed by atoms with van der Waals surface area (Å²) in [4.78, 5) is 0. The molecule has 0 fully saturated rings. The molecule has 0 atom stereocenters. The average Bonchev–Trinajstić information content (AvgIpc) is 2.87. The van der Waals surface area contributed by atoms with Crippen LogP contribution in [0.5, 0.6) is 0 Å². The van der Waals surface area contributed by atoms with Gasteiger partial charge < -0.3 is 4.57 Å². The molecule has 0 saturated carbocycles. The molecule has 1 heterocycles. The van der Waals surface area contributed by atoms with Crippen LogP contribution in [0.15, 0.2) is 42.6 Å². The number of hydrogen-bond donors (Lipinski definition) is 1. The van der Waals surface area contributed by atoms with E-state index in [-0.39, 0.29) is 11.9 Å². The lowest BCUT2D eigenvalue weighted by atomic mass is 10.0. The number of sulfonamides is 1. The number of nitrogens with one attached hydrogen (secondary N) is 1. The molecule has 6 heteroatoms. The van der Waals surface area contributed by atoms with Crippen LogP contribution in [0.2, 0.25) is 0 Å². The molecule has 0 radical (unpaired) electrons. The number of nitrogens with zero attached hydrogens (tertiary/aromatic N) is 1. The van der Waals surface area contributed by atoms with Crippen molar-refractivity contribution in [2.45, 2.75) is 26.8 Å². The van der Waals surface area contributed by atoms with Gasteiger partial charge in [0, 0.05) is 23.2 Å². The lowest BCUT2D eigenvalue weighted by Gasteiger charge is -2.10. The molecule has 0 spiro atoms. The topological polar surface area (TPSA) is 51.1 Å². The van der Waals surface area contributed by atoms with Crippen LogP contribution in [-0.2, 0) is 10.0 Å². The van der Waals surface area contributed by atoms with Gasteiger partial charge in [-0.3, -0.25) is 4.72 Å². The molecule has 1 aromatic heterocycles. The Morgan fingerprint density at radius 1 is 1.12 bits per heavy atom. The van der Waals surface area contributed by atoms with Crippen LogP contribution in [-0.4, -0.2) is 19.2 Å². The highest BCUT2D eigenvalue weighted by molar-refractivity contribution is 7.92. The van der Waals surface area contributed by atoms with Crippen LogP contribution in [0, 0.1) is 12.7 Å². The molecule has 0 unspecified atom stereocenters. The first-order valence-corrected chi connectivity index (χ1v) is 9.94. The van der Waals surface area contributed by atoms with Gasteiger partial charge in [0.2, 0.25) is 10.0 Å². The molecule has 0 aliphatic carbocycles. The molecule has 25 heavy (non-hydrogen) atoms. The maximum Gasteiger partial charge on any atom is 0.229 e. The maximum atomic E-state index is 14.0. The van der Waals surface area contributed by atoms with Crippen molar-refractivity contribution >= 4 is 26.6 Å². The third-order valence-corrected chi connectivity index (χ3v) is 4.78. The van der Waals surface area contributed by atoms with Crippen molar-refractivity contribution in [1.29, 1.82) is 0 Å². The quantitative estimate of drug-likeness (QED) is 0.733. The standard InChI is InChI=1S/C19H21FN2O2S/c1-12(2)22-11-17(14-6-5-13(3)18(20)9-14)16-8-7-15(10-19(16)22)21-25(4,23)24/h5-12,21H,1-4H3. The number of aryl methyl sites for hydroxylation is 1. The highest BCUT2D eigenvalue weighted by Crippen LogP contribution is 2.34. The zero-order valence-electron chi connectivity index (χ0n) is 14.7. The van der Waals surface area contributed by atoms with Crippen molar-refractivity contribution in [3.05, 3.63) is 54.0 Å². The van der Waals surface area contributed by atoms with Crippen molar-refractivity contribution in [2.75, 3.05) is 11.0 Å². The van der Waals surface area contributed by atoms with Crippen LogP contribution in [0.3, 0.4) is 0 Å². The van der Waals surface area contributed by atoms with Crippen molar-refractivity contribution < 1.29 is 12.8 Å². The van der Waals surface area contributed by atoms with Crippen molar-refractivity contribution in [2.24, 2.45) is 0 Å². The van der Waals surface area contributed by atoms with E-state index in [2.05, 4.69) is 23.1 Å². The van der Waals surface area contributed by atoms with Gasteiger partial charge in [0.15, 0.2) is 0 Å². The predicted molar refractivity (Wildman–Crippen MR) is 101 cm³/mol. The lowest BCUT2D eigenvalue weighted by molar-refractivity contribution is 0.607. The molecular weight excluding hydrogens is 339 g/mol. The number of rotatable bonds is 4. The van der Waals surface area contributed by atoms with E-state index in [4.69, 9.17) is 0 Å². The molecule has 0 saturated heterocycles. The summed E-state index contributed by atoms with van der Waals surface area (Å²) in [5.41, 5.74) is 3.75. The smallest absolute Gasteiger partial charge is 0.229 e. The van der Waals surface area contributed by atoms with Crippen molar-refractivity contribution in [1.82, 2.24) is 4.57 Å². The molecule has 3 rings (SSSR count). The average molecular weight is 360 g/mol. The molecule has 0 aliphatic rings. The third kappa shape index (κ3) is 3.54. The van der Waals surface area contributed by atoms with Crippen molar-refractivity contribution in [3.63, 3.8) is 0 Å². The van der Waals surface area contributed by atoms with Gasteiger partial charge in [0.1, 0.15) is 5.82 Å². The minimum Gasteiger partial charge on any atom is -0.344 e. The molecule has 0 amide bonds. The highest BCUT2D eigenvalue weighted by atomic mass is 32.2. The minimum atomic E-state index is -3.34. The summed E-state index contributed by atoms with van der Waals surface area (Å²) in [5, 5.41) is 0.955. The van der Waals surface area contributed by atoms with Gasteiger partial charge in [-0.25, -0.2) is 12.8 Å². The van der Waals surface area contributed by atoms with Gasteiger partial charge in [-0.05, 0) is 50.1 Å². The summed E-state index contributed by atoms with van der Waals surface area (Å²) in [6.45, 7) is 5.84. The van der Waals surface area contributed by atoms with E-state index in [1.54, 1.807) is 19.1 Å². The minimum absolute atomic E-state index is 0.181. The van der Waals surface area contributed by atoms with Crippen LogP contribution in [0.25, 0.3) is 22.0 Å². The summed E-state index contributed by atoms with van der Waals surface area (Å²) in [6.07, 6.45) is 3.11. The van der Waals surface area contributed by atoms with Gasteiger partial charge >= 0.3 is 0 Å². The number of aromatic nitrogens is 1. The van der Waals surface area contributed by atoms with Crippen LogP contribution in [0.4, 0.5) is 10.1 Å². The summed E-state index contributed by atoms with van der Waals surface area (Å²) in [7, 11) is -3.34. The highest BCUT2D eigenvalue weighted by Gasteiger charge is 2.14. The molecule has 2 aromatic carbocycles. The van der Waals surface area contributed by atoms with Gasteiger partial charge in [0.25, 0.3) is 0 Å². The van der Waals surface area contributed by atoms with E-state index in [9.17, 15) is 12.8 Å². The van der Waals surface area contributed by atoms with E-state index in [1.807, 2.05) is 24.4 Å². The number of halogens is 1. The first-order valence-electron chi connectivity index (χ1n) is 8.04. The van der Waals surface area contributed by atoms with E-state index in [0.29, 0.717) is 11.3 Å². The SMILES string of the molecule is Cc1ccc(-c2cn(C(C)C)c3cc(NS(C)(=O)=O)ccc23)cc1F. The molecule has 4 nitrogen and oxygen atoms in total. The number of fused-ring (bicyclic) bond motifs is 1. The summed E-state index contributed by atoms with van der Waals surface area (Å²) < 4.78 is 41.6. The van der Waals surface area contributed by atoms with Gasteiger partial charge in [-0.2, -0.15) is 0 Å². The van der Waals surface area contributed by atoms with E-state index in [1.165, 1.54) is 6.07 Å². The fourth-order valence-corrected chi connectivity index (χ4v) is 3.50. The van der Waals surface area contributed by atoms with Crippen molar-refractivity contribution in [3.8, 4) is 11.1 Å². The Morgan fingerprint density at radius 3 is 2.44 bits per heavy atom. The Hall–Kier alpha value is -2.34. The first-order chi connectivity index (χ1) is 11.7. The van der Waals surface area contributed by atoms with Crippen LogP contribution < -0.4 is 4.72 Å². The third-order valence-electron chi connectivity index (χ3n) is 4.18. The largest absolute Gasteiger partial charge is 0.344 e. The maximum absolute atomic E-state index is 14.0. The molecule has 1 N–H and O–H groups in total. The number of hydrogen-bond acceptors (Lipinski definition) is 2. The van der Waals surface area contributed by atoms with E-state index < -0.39 is 10.0 Å². The molecule has 0 bridgehead atoms. The number of anilines is 1.